The largest absolute Gasteiger partial charge is 0.387 e. The molecular formula is C17H24N4O2. The van der Waals surface area contributed by atoms with Crippen LogP contribution in [0.2, 0.25) is 0 Å². The SMILES string of the molecule is Cc1ccc(C(O)CN2CCOC(c3n[nH]c(C)n3)C2)c(C)c1. The van der Waals surface area contributed by atoms with Crippen molar-refractivity contribution < 1.29 is 9.84 Å². The Morgan fingerprint density at radius 1 is 1.39 bits per heavy atom. The molecule has 1 aliphatic rings. The minimum absolute atomic E-state index is 0.139. The van der Waals surface area contributed by atoms with Gasteiger partial charge in [-0.2, -0.15) is 5.10 Å². The van der Waals surface area contributed by atoms with Gasteiger partial charge in [-0.05, 0) is 31.9 Å². The number of aliphatic hydroxyl groups is 1. The average Bonchev–Trinajstić information content (AvgIpc) is 2.94. The maximum Gasteiger partial charge on any atom is 0.180 e. The quantitative estimate of drug-likeness (QED) is 0.900. The number of aliphatic hydroxyl groups excluding tert-OH is 1. The molecule has 0 radical (unpaired) electrons. The van der Waals surface area contributed by atoms with Crippen LogP contribution in [0.4, 0.5) is 0 Å². The van der Waals surface area contributed by atoms with Crippen LogP contribution in [0.15, 0.2) is 18.2 Å². The Bertz CT molecular complexity index is 670. The van der Waals surface area contributed by atoms with Gasteiger partial charge in [0, 0.05) is 19.6 Å². The number of benzene rings is 1. The number of aromatic amines is 1. The third kappa shape index (κ3) is 3.77. The van der Waals surface area contributed by atoms with Gasteiger partial charge in [-0.1, -0.05) is 23.8 Å². The molecule has 2 atom stereocenters. The van der Waals surface area contributed by atoms with Gasteiger partial charge in [0.15, 0.2) is 5.82 Å². The smallest absolute Gasteiger partial charge is 0.180 e. The monoisotopic (exact) mass is 316 g/mol. The highest BCUT2D eigenvalue weighted by atomic mass is 16.5. The molecule has 1 aliphatic heterocycles. The second kappa shape index (κ2) is 6.78. The number of aromatic nitrogens is 3. The molecular weight excluding hydrogens is 292 g/mol. The van der Waals surface area contributed by atoms with E-state index in [1.165, 1.54) is 5.56 Å². The van der Waals surface area contributed by atoms with E-state index in [0.29, 0.717) is 25.5 Å². The van der Waals surface area contributed by atoms with Crippen LogP contribution in [0.1, 0.15) is 40.5 Å². The van der Waals surface area contributed by atoms with Crippen LogP contribution in [0, 0.1) is 20.8 Å². The Hall–Kier alpha value is -1.76. The minimum atomic E-state index is -0.497. The van der Waals surface area contributed by atoms with E-state index in [4.69, 9.17) is 4.74 Å². The summed E-state index contributed by atoms with van der Waals surface area (Å²) in [5.41, 5.74) is 3.34. The maximum atomic E-state index is 10.6. The van der Waals surface area contributed by atoms with E-state index in [-0.39, 0.29) is 6.10 Å². The Labute approximate surface area is 136 Å². The number of β-amino-alcohol motifs (C(OH)–C–C–N with tert-alkyl or cyclic N) is 1. The molecule has 2 aromatic rings. The number of aryl methyl sites for hydroxylation is 3. The lowest BCUT2D eigenvalue weighted by atomic mass is 10.0. The molecule has 6 heteroatoms. The summed E-state index contributed by atoms with van der Waals surface area (Å²) in [6.07, 6.45) is -0.636. The predicted molar refractivity (Wildman–Crippen MR) is 87.1 cm³/mol. The van der Waals surface area contributed by atoms with Crippen LogP contribution in [0.3, 0.4) is 0 Å². The van der Waals surface area contributed by atoms with Crippen molar-refractivity contribution in [1.29, 1.82) is 0 Å². The predicted octanol–water partition coefficient (Wildman–Crippen LogP) is 1.84. The number of ether oxygens (including phenoxy) is 1. The van der Waals surface area contributed by atoms with Crippen molar-refractivity contribution in [3.05, 3.63) is 46.5 Å². The van der Waals surface area contributed by atoms with Crippen LogP contribution >= 0.6 is 0 Å². The van der Waals surface area contributed by atoms with Crippen LogP contribution in [0.25, 0.3) is 0 Å². The highest BCUT2D eigenvalue weighted by Crippen LogP contribution is 2.24. The van der Waals surface area contributed by atoms with Gasteiger partial charge >= 0.3 is 0 Å². The first-order valence-corrected chi connectivity index (χ1v) is 8.01. The minimum Gasteiger partial charge on any atom is -0.387 e. The maximum absolute atomic E-state index is 10.6. The molecule has 23 heavy (non-hydrogen) atoms. The number of morpholine rings is 1. The van der Waals surface area contributed by atoms with Crippen molar-refractivity contribution in [1.82, 2.24) is 20.1 Å². The molecule has 2 N–H and O–H groups in total. The molecule has 0 saturated carbocycles. The molecule has 0 bridgehead atoms. The topological polar surface area (TPSA) is 74.3 Å². The number of nitrogens with zero attached hydrogens (tertiary/aromatic N) is 3. The molecule has 2 heterocycles. The van der Waals surface area contributed by atoms with E-state index in [1.807, 2.05) is 26.0 Å². The molecule has 2 unspecified atom stereocenters. The summed E-state index contributed by atoms with van der Waals surface area (Å²) in [6.45, 7) is 8.70. The van der Waals surface area contributed by atoms with E-state index in [1.54, 1.807) is 0 Å². The Balaban J connectivity index is 1.65. The van der Waals surface area contributed by atoms with Gasteiger partial charge in [0.25, 0.3) is 0 Å². The van der Waals surface area contributed by atoms with E-state index in [0.717, 1.165) is 23.5 Å². The van der Waals surface area contributed by atoms with Gasteiger partial charge in [0.05, 0.1) is 12.7 Å². The molecule has 1 aromatic carbocycles. The van der Waals surface area contributed by atoms with Crippen molar-refractivity contribution in [2.75, 3.05) is 26.2 Å². The van der Waals surface area contributed by atoms with Crippen LogP contribution < -0.4 is 0 Å². The average molecular weight is 316 g/mol. The first-order valence-electron chi connectivity index (χ1n) is 8.01. The summed E-state index contributed by atoms with van der Waals surface area (Å²) in [5.74, 6) is 1.48. The summed E-state index contributed by atoms with van der Waals surface area (Å²) in [6, 6.07) is 6.17. The molecule has 0 amide bonds. The van der Waals surface area contributed by atoms with Crippen LogP contribution in [-0.4, -0.2) is 51.4 Å². The van der Waals surface area contributed by atoms with Crippen molar-refractivity contribution in [2.45, 2.75) is 33.0 Å². The zero-order valence-electron chi connectivity index (χ0n) is 13.9. The van der Waals surface area contributed by atoms with E-state index in [2.05, 4.69) is 33.1 Å². The first kappa shape index (κ1) is 16.1. The Kier molecular flexibility index (Phi) is 4.75. The van der Waals surface area contributed by atoms with Gasteiger partial charge < -0.3 is 9.84 Å². The summed E-state index contributed by atoms with van der Waals surface area (Å²) in [4.78, 5) is 6.56. The second-order valence-electron chi connectivity index (χ2n) is 6.27. The van der Waals surface area contributed by atoms with Crippen molar-refractivity contribution in [3.63, 3.8) is 0 Å². The Morgan fingerprint density at radius 3 is 2.91 bits per heavy atom. The second-order valence-corrected chi connectivity index (χ2v) is 6.27. The van der Waals surface area contributed by atoms with Gasteiger partial charge in [0.1, 0.15) is 11.9 Å². The first-order chi connectivity index (χ1) is 11.0. The van der Waals surface area contributed by atoms with Crippen molar-refractivity contribution in [2.24, 2.45) is 0 Å². The number of hydrogen-bond donors (Lipinski definition) is 2. The highest BCUT2D eigenvalue weighted by Gasteiger charge is 2.26. The fourth-order valence-electron chi connectivity index (χ4n) is 3.07. The van der Waals surface area contributed by atoms with E-state index < -0.39 is 6.10 Å². The van der Waals surface area contributed by atoms with Gasteiger partial charge in [-0.25, -0.2) is 4.98 Å². The zero-order chi connectivity index (χ0) is 16.4. The molecule has 0 spiro atoms. The zero-order valence-corrected chi connectivity index (χ0v) is 13.9. The van der Waals surface area contributed by atoms with Crippen LogP contribution in [-0.2, 0) is 4.74 Å². The third-order valence-electron chi connectivity index (χ3n) is 4.27. The number of rotatable bonds is 4. The molecule has 124 valence electrons. The summed E-state index contributed by atoms with van der Waals surface area (Å²) in [7, 11) is 0. The number of hydrogen-bond acceptors (Lipinski definition) is 5. The molecule has 1 aromatic heterocycles. The lowest BCUT2D eigenvalue weighted by Gasteiger charge is -2.33. The van der Waals surface area contributed by atoms with Gasteiger partial charge in [0.2, 0.25) is 0 Å². The number of H-pyrrole nitrogens is 1. The fourth-order valence-corrected chi connectivity index (χ4v) is 3.07. The third-order valence-corrected chi connectivity index (χ3v) is 4.27. The molecule has 6 nitrogen and oxygen atoms in total. The normalized spacial score (nSPS) is 20.6. The lowest BCUT2D eigenvalue weighted by Crippen LogP contribution is -2.41. The highest BCUT2D eigenvalue weighted by molar-refractivity contribution is 5.32. The standard InChI is InChI=1S/C17H24N4O2/c1-11-4-5-14(12(2)8-11)15(22)9-21-6-7-23-16(10-21)17-18-13(3)19-20-17/h4-5,8,15-16,22H,6-7,9-10H2,1-3H3,(H,18,19,20). The van der Waals surface area contributed by atoms with E-state index >= 15 is 0 Å². The lowest BCUT2D eigenvalue weighted by molar-refractivity contribution is -0.0461. The van der Waals surface area contributed by atoms with Crippen molar-refractivity contribution in [3.8, 4) is 0 Å². The summed E-state index contributed by atoms with van der Waals surface area (Å²) in [5, 5.41) is 17.6. The van der Waals surface area contributed by atoms with Gasteiger partial charge in [-0.3, -0.25) is 10.00 Å². The fraction of sp³-hybridized carbons (Fsp3) is 0.529. The van der Waals surface area contributed by atoms with E-state index in [9.17, 15) is 5.11 Å². The van der Waals surface area contributed by atoms with Gasteiger partial charge in [-0.15, -0.1) is 0 Å². The number of nitrogens with one attached hydrogen (secondary N) is 1. The molecule has 1 saturated heterocycles. The molecule has 0 aliphatic carbocycles. The molecule has 1 fully saturated rings. The van der Waals surface area contributed by atoms with Crippen molar-refractivity contribution >= 4 is 0 Å². The Morgan fingerprint density at radius 2 is 2.22 bits per heavy atom. The summed E-state index contributed by atoms with van der Waals surface area (Å²) < 4.78 is 5.77. The molecule has 3 rings (SSSR count). The van der Waals surface area contributed by atoms with Crippen LogP contribution in [0.5, 0.6) is 0 Å². The summed E-state index contributed by atoms with van der Waals surface area (Å²) >= 11 is 0.